The molecule has 0 aliphatic carbocycles. The highest BCUT2D eigenvalue weighted by atomic mass is 16.5. The minimum Gasteiger partial charge on any atom is -0.495 e. The molecule has 0 radical (unpaired) electrons. The fraction of sp³-hybridized carbons (Fsp3) is 0.355. The molecule has 3 aromatic carbocycles. The summed E-state index contributed by atoms with van der Waals surface area (Å²) in [5, 5.41) is 6.04. The second-order valence-electron chi connectivity index (χ2n) is 9.99. The maximum atomic E-state index is 13.5. The molecule has 2 fully saturated rings. The third kappa shape index (κ3) is 6.17. The van der Waals surface area contributed by atoms with E-state index in [1.165, 1.54) is 0 Å². The molecule has 0 spiro atoms. The quantitative estimate of drug-likeness (QED) is 0.448. The Morgan fingerprint density at radius 1 is 0.897 bits per heavy atom. The van der Waals surface area contributed by atoms with Gasteiger partial charge in [0, 0.05) is 56.3 Å². The summed E-state index contributed by atoms with van der Waals surface area (Å²) in [5.74, 6) is 0.491. The molecule has 2 aliphatic rings. The molecule has 0 aromatic heterocycles. The average Bonchev–Trinajstić information content (AvgIpc) is 3.50. The molecular formula is C31H36N4O4. The average molecular weight is 529 g/mol. The fourth-order valence-electron chi connectivity index (χ4n) is 5.28. The second kappa shape index (κ2) is 12.2. The number of nitrogens with zero attached hydrogens (tertiary/aromatic N) is 2. The Hall–Kier alpha value is -4.04. The molecule has 0 bridgehead atoms. The van der Waals surface area contributed by atoms with Crippen LogP contribution in [0, 0.1) is 6.92 Å². The van der Waals surface area contributed by atoms with Gasteiger partial charge in [0.05, 0.1) is 24.5 Å². The van der Waals surface area contributed by atoms with Crippen LogP contribution in [0.25, 0.3) is 0 Å². The van der Waals surface area contributed by atoms with Gasteiger partial charge in [0.25, 0.3) is 11.8 Å². The van der Waals surface area contributed by atoms with E-state index in [1.807, 2.05) is 55.5 Å². The molecule has 2 aliphatic heterocycles. The van der Waals surface area contributed by atoms with Crippen LogP contribution in [-0.4, -0.2) is 64.4 Å². The van der Waals surface area contributed by atoms with Crippen molar-refractivity contribution in [2.24, 2.45) is 0 Å². The molecule has 0 saturated carbocycles. The van der Waals surface area contributed by atoms with E-state index in [0.29, 0.717) is 23.4 Å². The normalized spacial score (nSPS) is 17.1. The molecule has 3 aromatic rings. The Morgan fingerprint density at radius 2 is 1.62 bits per heavy atom. The third-order valence-electron chi connectivity index (χ3n) is 7.45. The number of aryl methyl sites for hydroxylation is 1. The SMILES string of the molecule is COc1ccccc1N1CCN(c2ccc(NC(=O)c3ccccc3C)cc2C(=O)NC[C@H]2CCCO2)CC1. The lowest BCUT2D eigenvalue weighted by Gasteiger charge is -2.38. The molecule has 39 heavy (non-hydrogen) atoms. The second-order valence-corrected chi connectivity index (χ2v) is 9.99. The Balaban J connectivity index is 1.35. The van der Waals surface area contributed by atoms with Crippen molar-refractivity contribution in [2.45, 2.75) is 25.9 Å². The summed E-state index contributed by atoms with van der Waals surface area (Å²) in [4.78, 5) is 31.0. The van der Waals surface area contributed by atoms with Crippen LogP contribution in [0.2, 0.25) is 0 Å². The Labute approximate surface area is 229 Å². The van der Waals surface area contributed by atoms with Gasteiger partial charge in [-0.1, -0.05) is 30.3 Å². The van der Waals surface area contributed by atoms with E-state index in [2.05, 4.69) is 26.5 Å². The lowest BCUT2D eigenvalue weighted by Crippen LogP contribution is -2.47. The van der Waals surface area contributed by atoms with Gasteiger partial charge in [-0.2, -0.15) is 0 Å². The maximum Gasteiger partial charge on any atom is 0.255 e. The van der Waals surface area contributed by atoms with Crippen molar-refractivity contribution in [2.75, 3.05) is 61.6 Å². The Morgan fingerprint density at radius 3 is 2.33 bits per heavy atom. The molecular weight excluding hydrogens is 492 g/mol. The predicted octanol–water partition coefficient (Wildman–Crippen LogP) is 4.49. The number of carbonyl (C=O) groups is 2. The van der Waals surface area contributed by atoms with Crippen LogP contribution in [0.15, 0.2) is 66.7 Å². The first-order chi connectivity index (χ1) is 19.0. The van der Waals surface area contributed by atoms with Gasteiger partial charge in [-0.15, -0.1) is 0 Å². The standard InChI is InChI=1S/C31H36N4O4/c1-22-8-3-4-10-25(22)31(37)33-23-13-14-27(26(20-23)30(36)32-21-24-9-7-19-39-24)34-15-17-35(18-16-34)28-11-5-6-12-29(28)38-2/h3-6,8,10-14,20,24H,7,9,15-19,21H2,1-2H3,(H,32,36)(H,33,37)/t24-/m1/s1. The molecule has 1 atom stereocenters. The van der Waals surface area contributed by atoms with Gasteiger partial charge in [-0.25, -0.2) is 0 Å². The van der Waals surface area contributed by atoms with Crippen LogP contribution < -0.4 is 25.2 Å². The van der Waals surface area contributed by atoms with Crippen LogP contribution >= 0.6 is 0 Å². The summed E-state index contributed by atoms with van der Waals surface area (Å²) in [6.45, 7) is 6.21. The molecule has 2 N–H and O–H groups in total. The van der Waals surface area contributed by atoms with Crippen molar-refractivity contribution in [3.63, 3.8) is 0 Å². The smallest absolute Gasteiger partial charge is 0.255 e. The van der Waals surface area contributed by atoms with E-state index in [4.69, 9.17) is 9.47 Å². The molecule has 5 rings (SSSR count). The van der Waals surface area contributed by atoms with Crippen LogP contribution in [-0.2, 0) is 4.74 Å². The van der Waals surface area contributed by atoms with Crippen molar-refractivity contribution in [1.82, 2.24) is 5.32 Å². The van der Waals surface area contributed by atoms with E-state index in [-0.39, 0.29) is 17.9 Å². The van der Waals surface area contributed by atoms with Crippen molar-refractivity contribution in [3.05, 3.63) is 83.4 Å². The van der Waals surface area contributed by atoms with Gasteiger partial charge in [-0.3, -0.25) is 9.59 Å². The van der Waals surface area contributed by atoms with Gasteiger partial charge in [0.2, 0.25) is 0 Å². The first-order valence-corrected chi connectivity index (χ1v) is 13.6. The monoisotopic (exact) mass is 528 g/mol. The predicted molar refractivity (Wildman–Crippen MR) is 154 cm³/mol. The number of rotatable bonds is 8. The number of hydrogen-bond donors (Lipinski definition) is 2. The molecule has 2 heterocycles. The topological polar surface area (TPSA) is 83.1 Å². The van der Waals surface area contributed by atoms with Crippen LogP contribution in [0.5, 0.6) is 5.75 Å². The van der Waals surface area contributed by atoms with Crippen molar-refractivity contribution in [3.8, 4) is 5.75 Å². The number of benzene rings is 3. The van der Waals surface area contributed by atoms with Gasteiger partial charge >= 0.3 is 0 Å². The summed E-state index contributed by atoms with van der Waals surface area (Å²) >= 11 is 0. The minimum atomic E-state index is -0.197. The molecule has 8 heteroatoms. The number of anilines is 3. The van der Waals surface area contributed by atoms with Gasteiger partial charge in [0.1, 0.15) is 5.75 Å². The van der Waals surface area contributed by atoms with Crippen LogP contribution in [0.3, 0.4) is 0 Å². The van der Waals surface area contributed by atoms with Gasteiger partial charge in [-0.05, 0) is 61.7 Å². The number of nitrogens with one attached hydrogen (secondary N) is 2. The zero-order chi connectivity index (χ0) is 27.2. The van der Waals surface area contributed by atoms with Gasteiger partial charge < -0.3 is 29.9 Å². The molecule has 0 unspecified atom stereocenters. The fourth-order valence-corrected chi connectivity index (χ4v) is 5.28. The highest BCUT2D eigenvalue weighted by molar-refractivity contribution is 6.07. The molecule has 204 valence electrons. The number of methoxy groups -OCH3 is 1. The first kappa shape index (κ1) is 26.6. The van der Waals surface area contributed by atoms with E-state index >= 15 is 0 Å². The lowest BCUT2D eigenvalue weighted by atomic mass is 10.1. The van der Waals surface area contributed by atoms with Crippen LogP contribution in [0.4, 0.5) is 17.1 Å². The summed E-state index contributed by atoms with van der Waals surface area (Å²) in [6.07, 6.45) is 2.01. The Kier molecular flexibility index (Phi) is 8.32. The number of para-hydroxylation sites is 2. The molecule has 8 nitrogen and oxygen atoms in total. The maximum absolute atomic E-state index is 13.5. The highest BCUT2D eigenvalue weighted by Gasteiger charge is 2.25. The number of carbonyl (C=O) groups excluding carboxylic acids is 2. The van der Waals surface area contributed by atoms with E-state index in [9.17, 15) is 9.59 Å². The number of hydrogen-bond acceptors (Lipinski definition) is 6. The summed E-state index contributed by atoms with van der Waals surface area (Å²) in [7, 11) is 1.69. The number of ether oxygens (including phenoxy) is 2. The largest absolute Gasteiger partial charge is 0.495 e. The number of piperazine rings is 1. The molecule has 2 amide bonds. The van der Waals surface area contributed by atoms with E-state index in [1.54, 1.807) is 19.2 Å². The lowest BCUT2D eigenvalue weighted by molar-refractivity contribution is 0.0858. The van der Waals surface area contributed by atoms with Crippen molar-refractivity contribution >= 4 is 28.9 Å². The summed E-state index contributed by atoms with van der Waals surface area (Å²) in [6, 6.07) is 21.1. The summed E-state index contributed by atoms with van der Waals surface area (Å²) < 4.78 is 11.3. The number of amides is 2. The highest BCUT2D eigenvalue weighted by Crippen LogP contribution is 2.31. The van der Waals surface area contributed by atoms with E-state index < -0.39 is 0 Å². The van der Waals surface area contributed by atoms with E-state index in [0.717, 1.165) is 68.3 Å². The van der Waals surface area contributed by atoms with Crippen LogP contribution in [0.1, 0.15) is 39.1 Å². The van der Waals surface area contributed by atoms with Crippen molar-refractivity contribution in [1.29, 1.82) is 0 Å². The minimum absolute atomic E-state index is 0.0470. The van der Waals surface area contributed by atoms with Gasteiger partial charge in [0.15, 0.2) is 0 Å². The zero-order valence-corrected chi connectivity index (χ0v) is 22.6. The summed E-state index contributed by atoms with van der Waals surface area (Å²) in [5.41, 5.74) is 4.56. The Bertz CT molecular complexity index is 1310. The molecule has 2 saturated heterocycles. The third-order valence-corrected chi connectivity index (χ3v) is 7.45. The van der Waals surface area contributed by atoms with Crippen molar-refractivity contribution < 1.29 is 19.1 Å². The zero-order valence-electron chi connectivity index (χ0n) is 22.6. The first-order valence-electron chi connectivity index (χ1n) is 13.6.